The van der Waals surface area contributed by atoms with E-state index in [0.29, 0.717) is 12.9 Å². The lowest BCUT2D eigenvalue weighted by Gasteiger charge is -2.35. The molecule has 1 N–H and O–H groups in total. The monoisotopic (exact) mass is 214 g/mol. The molecule has 0 amide bonds. The molecular weight excluding hydrogens is 192 g/mol. The van der Waals surface area contributed by atoms with Crippen LogP contribution in [0.2, 0.25) is 0 Å². The van der Waals surface area contributed by atoms with Crippen LogP contribution < -0.4 is 0 Å². The predicted molar refractivity (Wildman–Crippen MR) is 60.6 cm³/mol. The van der Waals surface area contributed by atoms with Crippen molar-refractivity contribution in [3.63, 3.8) is 0 Å². The molecule has 3 nitrogen and oxygen atoms in total. The highest BCUT2D eigenvalue weighted by Gasteiger charge is 2.35. The van der Waals surface area contributed by atoms with Crippen LogP contribution in [0.1, 0.15) is 47.0 Å². The van der Waals surface area contributed by atoms with E-state index in [2.05, 4.69) is 0 Å². The van der Waals surface area contributed by atoms with Crippen LogP contribution in [0.15, 0.2) is 11.8 Å². The highest BCUT2D eigenvalue weighted by Crippen LogP contribution is 2.32. The third kappa shape index (κ3) is 3.94. The maximum absolute atomic E-state index is 10.5. The van der Waals surface area contributed by atoms with Gasteiger partial charge in [-0.05, 0) is 25.3 Å². The molecule has 15 heavy (non-hydrogen) atoms. The first kappa shape index (κ1) is 14.0. The zero-order valence-electron chi connectivity index (χ0n) is 10.1. The quantitative estimate of drug-likeness (QED) is 0.523. The van der Waals surface area contributed by atoms with Crippen molar-refractivity contribution in [2.24, 2.45) is 5.92 Å². The molecule has 0 aliphatic rings. The van der Waals surface area contributed by atoms with Gasteiger partial charge >= 0.3 is 0 Å². The fourth-order valence-electron chi connectivity index (χ4n) is 1.75. The lowest BCUT2D eigenvalue weighted by Crippen LogP contribution is -2.38. The summed E-state index contributed by atoms with van der Waals surface area (Å²) in [5.74, 6) is 0.462. The number of carbonyl (C=O) groups excluding carboxylic acids is 1. The molecule has 1 unspecified atom stereocenters. The number of aliphatic hydroxyl groups is 1. The van der Waals surface area contributed by atoms with Gasteiger partial charge in [-0.15, -0.1) is 0 Å². The Labute approximate surface area is 92.1 Å². The number of aliphatic hydroxyl groups excluding tert-OH is 1. The first-order valence-corrected chi connectivity index (χ1v) is 5.48. The smallest absolute Gasteiger partial charge is 0.293 e. The summed E-state index contributed by atoms with van der Waals surface area (Å²) in [6.07, 6.45) is 3.72. The molecule has 0 saturated carbocycles. The minimum atomic E-state index is -0.562. The van der Waals surface area contributed by atoms with Gasteiger partial charge in [0.2, 0.25) is 0 Å². The summed E-state index contributed by atoms with van der Waals surface area (Å²) >= 11 is 0. The van der Waals surface area contributed by atoms with Crippen molar-refractivity contribution in [3.8, 4) is 0 Å². The standard InChI is InChI=1S/C12H22O3/c1-5-7-12(10(3)4,15-9-13)8-11(14)6-2/h6,9-10,14H,5,7-8H2,1-4H3/b11-6+. The Morgan fingerprint density at radius 2 is 2.13 bits per heavy atom. The van der Waals surface area contributed by atoms with E-state index in [9.17, 15) is 9.90 Å². The maximum atomic E-state index is 10.5. The van der Waals surface area contributed by atoms with E-state index in [1.54, 1.807) is 13.0 Å². The molecule has 88 valence electrons. The van der Waals surface area contributed by atoms with Crippen LogP contribution in [0.5, 0.6) is 0 Å². The average Bonchev–Trinajstić information content (AvgIpc) is 2.18. The highest BCUT2D eigenvalue weighted by molar-refractivity contribution is 5.38. The van der Waals surface area contributed by atoms with Crippen LogP contribution in [0.4, 0.5) is 0 Å². The first-order chi connectivity index (χ1) is 7.02. The number of allylic oxidation sites excluding steroid dienone is 1. The van der Waals surface area contributed by atoms with Crippen molar-refractivity contribution >= 4 is 6.47 Å². The van der Waals surface area contributed by atoms with Crippen LogP contribution in [-0.2, 0) is 9.53 Å². The number of hydrogen-bond acceptors (Lipinski definition) is 3. The molecule has 0 aromatic carbocycles. The number of ether oxygens (including phenoxy) is 1. The van der Waals surface area contributed by atoms with Gasteiger partial charge in [-0.25, -0.2) is 0 Å². The van der Waals surface area contributed by atoms with Crippen LogP contribution in [0.3, 0.4) is 0 Å². The molecule has 0 spiro atoms. The Hall–Kier alpha value is -0.990. The van der Waals surface area contributed by atoms with Gasteiger partial charge in [-0.3, -0.25) is 4.79 Å². The van der Waals surface area contributed by atoms with E-state index in [-0.39, 0.29) is 11.7 Å². The number of carbonyl (C=O) groups is 1. The van der Waals surface area contributed by atoms with E-state index in [1.807, 2.05) is 20.8 Å². The Bertz CT molecular complexity index is 221. The first-order valence-electron chi connectivity index (χ1n) is 5.48. The molecule has 0 aromatic rings. The van der Waals surface area contributed by atoms with E-state index in [0.717, 1.165) is 12.8 Å². The van der Waals surface area contributed by atoms with Gasteiger partial charge in [0.1, 0.15) is 5.60 Å². The van der Waals surface area contributed by atoms with Crippen molar-refractivity contribution in [2.75, 3.05) is 0 Å². The summed E-state index contributed by atoms with van der Waals surface area (Å²) in [6, 6.07) is 0. The maximum Gasteiger partial charge on any atom is 0.293 e. The average molecular weight is 214 g/mol. The Kier molecular flexibility index (Phi) is 6.06. The van der Waals surface area contributed by atoms with Gasteiger partial charge in [0.05, 0.1) is 5.76 Å². The molecule has 0 radical (unpaired) electrons. The Morgan fingerprint density at radius 1 is 1.53 bits per heavy atom. The van der Waals surface area contributed by atoms with Crippen LogP contribution in [-0.4, -0.2) is 17.2 Å². The van der Waals surface area contributed by atoms with E-state index in [1.165, 1.54) is 0 Å². The molecule has 0 heterocycles. The summed E-state index contributed by atoms with van der Waals surface area (Å²) in [5.41, 5.74) is -0.562. The zero-order valence-corrected chi connectivity index (χ0v) is 10.1. The van der Waals surface area contributed by atoms with Gasteiger partial charge in [-0.2, -0.15) is 0 Å². The molecule has 0 saturated heterocycles. The topological polar surface area (TPSA) is 46.5 Å². The van der Waals surface area contributed by atoms with Gasteiger partial charge in [0, 0.05) is 6.42 Å². The minimum absolute atomic E-state index is 0.185. The van der Waals surface area contributed by atoms with Crippen molar-refractivity contribution in [2.45, 2.75) is 52.6 Å². The Balaban J connectivity index is 4.84. The number of rotatable bonds is 7. The van der Waals surface area contributed by atoms with Gasteiger partial charge in [-0.1, -0.05) is 27.2 Å². The summed E-state index contributed by atoms with van der Waals surface area (Å²) < 4.78 is 5.22. The Morgan fingerprint density at radius 3 is 2.47 bits per heavy atom. The SMILES string of the molecule is C/C=C(/O)CC(CCC)(OC=O)C(C)C. The second kappa shape index (κ2) is 6.49. The van der Waals surface area contributed by atoms with Gasteiger partial charge in [0.25, 0.3) is 6.47 Å². The molecule has 0 aliphatic heterocycles. The molecule has 3 heteroatoms. The minimum Gasteiger partial charge on any atom is -0.513 e. The third-order valence-electron chi connectivity index (χ3n) is 2.82. The van der Waals surface area contributed by atoms with Crippen LogP contribution in [0, 0.1) is 5.92 Å². The summed E-state index contributed by atoms with van der Waals surface area (Å²) in [6.45, 7) is 8.30. The molecule has 0 bridgehead atoms. The lowest BCUT2D eigenvalue weighted by molar-refractivity contribution is -0.150. The molecule has 0 fully saturated rings. The van der Waals surface area contributed by atoms with Crippen LogP contribution in [0.25, 0.3) is 0 Å². The van der Waals surface area contributed by atoms with Crippen molar-refractivity contribution < 1.29 is 14.6 Å². The van der Waals surface area contributed by atoms with Crippen LogP contribution >= 0.6 is 0 Å². The zero-order chi connectivity index (χ0) is 11.9. The molecule has 0 aromatic heterocycles. The predicted octanol–water partition coefficient (Wildman–Crippen LogP) is 3.21. The molecule has 0 aliphatic carbocycles. The highest BCUT2D eigenvalue weighted by atomic mass is 16.5. The molecule has 0 rings (SSSR count). The second-order valence-corrected chi connectivity index (χ2v) is 4.14. The normalized spacial score (nSPS) is 16.2. The van der Waals surface area contributed by atoms with E-state index >= 15 is 0 Å². The fraction of sp³-hybridized carbons (Fsp3) is 0.750. The van der Waals surface area contributed by atoms with E-state index in [4.69, 9.17) is 4.74 Å². The number of hydrogen-bond donors (Lipinski definition) is 1. The molecule has 1 atom stereocenters. The van der Waals surface area contributed by atoms with Crippen molar-refractivity contribution in [3.05, 3.63) is 11.8 Å². The van der Waals surface area contributed by atoms with Crippen molar-refractivity contribution in [1.29, 1.82) is 0 Å². The summed E-state index contributed by atoms with van der Waals surface area (Å²) in [4.78, 5) is 10.5. The van der Waals surface area contributed by atoms with Gasteiger partial charge < -0.3 is 9.84 Å². The second-order valence-electron chi connectivity index (χ2n) is 4.14. The largest absolute Gasteiger partial charge is 0.513 e. The van der Waals surface area contributed by atoms with Crippen molar-refractivity contribution in [1.82, 2.24) is 0 Å². The summed E-state index contributed by atoms with van der Waals surface area (Å²) in [7, 11) is 0. The lowest BCUT2D eigenvalue weighted by atomic mass is 9.82. The third-order valence-corrected chi connectivity index (χ3v) is 2.82. The van der Waals surface area contributed by atoms with Gasteiger partial charge in [0.15, 0.2) is 0 Å². The van der Waals surface area contributed by atoms with E-state index < -0.39 is 5.60 Å². The molecular formula is C12H22O3. The summed E-state index contributed by atoms with van der Waals surface area (Å²) in [5, 5.41) is 9.56. The fourth-order valence-corrected chi connectivity index (χ4v) is 1.75.